The Hall–Kier alpha value is -3.71. The van der Waals surface area contributed by atoms with Crippen LogP contribution in [0, 0.1) is 6.92 Å². The van der Waals surface area contributed by atoms with Gasteiger partial charge in [-0.05, 0) is 30.7 Å². The molecule has 4 aromatic rings. The molecule has 0 saturated carbocycles. The Kier molecular flexibility index (Phi) is 5.09. The number of carbonyl (C=O) groups excluding carboxylic acids is 1. The van der Waals surface area contributed by atoms with Crippen LogP contribution in [-0.2, 0) is 0 Å². The lowest BCUT2D eigenvalue weighted by molar-refractivity contribution is 0.102. The zero-order valence-electron chi connectivity index (χ0n) is 17.4. The Morgan fingerprint density at radius 3 is 2.74 bits per heavy atom. The van der Waals surface area contributed by atoms with Gasteiger partial charge in [-0.15, -0.1) is 0 Å². The van der Waals surface area contributed by atoms with Gasteiger partial charge in [0.05, 0.1) is 17.6 Å². The topological polar surface area (TPSA) is 74.6 Å². The van der Waals surface area contributed by atoms with Crippen molar-refractivity contribution in [2.45, 2.75) is 6.92 Å². The summed E-state index contributed by atoms with van der Waals surface area (Å²) in [6.07, 6.45) is 3.57. The van der Waals surface area contributed by atoms with Crippen molar-refractivity contribution in [1.82, 2.24) is 19.9 Å². The number of rotatable bonds is 4. The molecule has 1 aliphatic heterocycles. The minimum absolute atomic E-state index is 0.235. The molecule has 31 heavy (non-hydrogen) atoms. The number of hydrogen-bond acceptors (Lipinski definition) is 5. The maximum atomic E-state index is 13.1. The van der Waals surface area contributed by atoms with E-state index in [2.05, 4.69) is 44.7 Å². The van der Waals surface area contributed by atoms with Gasteiger partial charge in [0.1, 0.15) is 5.69 Å². The fourth-order valence-corrected chi connectivity index (χ4v) is 3.96. The van der Waals surface area contributed by atoms with E-state index in [0.29, 0.717) is 11.3 Å². The molecule has 0 spiro atoms. The minimum atomic E-state index is -0.235. The number of carbonyl (C=O) groups is 1. The van der Waals surface area contributed by atoms with Crippen molar-refractivity contribution in [3.63, 3.8) is 0 Å². The van der Waals surface area contributed by atoms with Gasteiger partial charge in [0.15, 0.2) is 5.65 Å². The molecule has 0 aliphatic carbocycles. The maximum absolute atomic E-state index is 13.1. The van der Waals surface area contributed by atoms with Crippen LogP contribution in [0.2, 0.25) is 0 Å². The van der Waals surface area contributed by atoms with Gasteiger partial charge in [0, 0.05) is 37.9 Å². The Morgan fingerprint density at radius 2 is 1.90 bits per heavy atom. The molecule has 7 nitrogen and oxygen atoms in total. The number of para-hydroxylation sites is 2. The molecule has 0 atom stereocenters. The fraction of sp³-hybridized carbons (Fsp3) is 0.208. The van der Waals surface area contributed by atoms with E-state index in [1.54, 1.807) is 23.0 Å². The molecule has 3 heterocycles. The van der Waals surface area contributed by atoms with Crippen LogP contribution < -0.4 is 15.5 Å². The molecule has 2 N–H and O–H groups in total. The lowest BCUT2D eigenvalue weighted by Gasteiger charge is -2.31. The van der Waals surface area contributed by atoms with Crippen molar-refractivity contribution in [2.75, 3.05) is 36.4 Å². The molecule has 0 unspecified atom stereocenters. The molecule has 0 bridgehead atoms. The van der Waals surface area contributed by atoms with Crippen molar-refractivity contribution in [3.05, 3.63) is 78.2 Å². The number of hydrogen-bond donors (Lipinski definition) is 2. The average Bonchev–Trinajstić information content (AvgIpc) is 3.23. The number of benzene rings is 2. The molecule has 156 valence electrons. The third kappa shape index (κ3) is 3.87. The first-order chi connectivity index (χ1) is 15.2. The standard InChI is InChI=1S/C24H24N6O/c1-17-5-4-6-18(15-17)19-16-26-30-12-9-21(27-23(19)30)24(31)28-20-7-2-3-8-22(20)29-13-10-25-11-14-29/h2-9,12,15-16,25H,10-11,13-14H2,1H3,(H,28,31). The highest BCUT2D eigenvalue weighted by molar-refractivity contribution is 6.05. The molecule has 1 aliphatic rings. The van der Waals surface area contributed by atoms with Gasteiger partial charge in [-0.1, -0.05) is 42.0 Å². The van der Waals surface area contributed by atoms with E-state index in [-0.39, 0.29) is 5.91 Å². The van der Waals surface area contributed by atoms with Crippen molar-refractivity contribution in [2.24, 2.45) is 0 Å². The van der Waals surface area contributed by atoms with Crippen LogP contribution in [0.4, 0.5) is 11.4 Å². The van der Waals surface area contributed by atoms with E-state index in [1.165, 1.54) is 0 Å². The first-order valence-electron chi connectivity index (χ1n) is 10.5. The zero-order chi connectivity index (χ0) is 21.2. The van der Waals surface area contributed by atoms with E-state index in [9.17, 15) is 4.79 Å². The lowest BCUT2D eigenvalue weighted by atomic mass is 10.1. The fourth-order valence-electron chi connectivity index (χ4n) is 3.96. The normalized spacial score (nSPS) is 14.0. The molecule has 2 aromatic carbocycles. The zero-order valence-corrected chi connectivity index (χ0v) is 17.4. The smallest absolute Gasteiger partial charge is 0.274 e. The Morgan fingerprint density at radius 1 is 1.06 bits per heavy atom. The van der Waals surface area contributed by atoms with Crippen LogP contribution in [-0.4, -0.2) is 46.7 Å². The lowest BCUT2D eigenvalue weighted by Crippen LogP contribution is -2.43. The van der Waals surface area contributed by atoms with E-state index < -0.39 is 0 Å². The van der Waals surface area contributed by atoms with Crippen molar-refractivity contribution < 1.29 is 4.79 Å². The van der Waals surface area contributed by atoms with Gasteiger partial charge in [0.25, 0.3) is 5.91 Å². The molecular formula is C24H24N6O. The number of nitrogens with one attached hydrogen (secondary N) is 2. The summed E-state index contributed by atoms with van der Waals surface area (Å²) in [6, 6.07) is 17.8. The number of anilines is 2. The second-order valence-electron chi connectivity index (χ2n) is 7.72. The van der Waals surface area contributed by atoms with Crippen LogP contribution >= 0.6 is 0 Å². The molecule has 1 fully saturated rings. The molecule has 1 amide bonds. The quantitative estimate of drug-likeness (QED) is 0.538. The number of nitrogens with zero attached hydrogens (tertiary/aromatic N) is 4. The second kappa shape index (κ2) is 8.20. The number of aromatic nitrogens is 3. The van der Waals surface area contributed by atoms with E-state index in [0.717, 1.165) is 54.2 Å². The summed E-state index contributed by atoms with van der Waals surface area (Å²) < 4.78 is 1.70. The first-order valence-corrected chi connectivity index (χ1v) is 10.5. The van der Waals surface area contributed by atoms with E-state index in [4.69, 9.17) is 0 Å². The Bertz CT molecular complexity index is 1240. The van der Waals surface area contributed by atoms with Gasteiger partial charge in [0.2, 0.25) is 0 Å². The summed E-state index contributed by atoms with van der Waals surface area (Å²) in [6.45, 7) is 5.74. The summed E-state index contributed by atoms with van der Waals surface area (Å²) in [4.78, 5) is 20.0. The van der Waals surface area contributed by atoms with Gasteiger partial charge in [-0.3, -0.25) is 4.79 Å². The largest absolute Gasteiger partial charge is 0.367 e. The van der Waals surface area contributed by atoms with Gasteiger partial charge in [-0.25, -0.2) is 9.50 Å². The molecule has 5 rings (SSSR count). The van der Waals surface area contributed by atoms with Crippen LogP contribution in [0.15, 0.2) is 67.0 Å². The number of piperazine rings is 1. The van der Waals surface area contributed by atoms with Crippen LogP contribution in [0.3, 0.4) is 0 Å². The van der Waals surface area contributed by atoms with Crippen molar-refractivity contribution in [1.29, 1.82) is 0 Å². The van der Waals surface area contributed by atoms with Crippen LogP contribution in [0.1, 0.15) is 16.1 Å². The average molecular weight is 412 g/mol. The summed E-state index contributed by atoms with van der Waals surface area (Å²) >= 11 is 0. The molecular weight excluding hydrogens is 388 g/mol. The summed E-state index contributed by atoms with van der Waals surface area (Å²) in [7, 11) is 0. The van der Waals surface area contributed by atoms with Gasteiger partial charge >= 0.3 is 0 Å². The highest BCUT2D eigenvalue weighted by atomic mass is 16.1. The minimum Gasteiger partial charge on any atom is -0.367 e. The molecule has 2 aromatic heterocycles. The van der Waals surface area contributed by atoms with Gasteiger partial charge < -0.3 is 15.5 Å². The first kappa shape index (κ1) is 19.3. The maximum Gasteiger partial charge on any atom is 0.274 e. The highest BCUT2D eigenvalue weighted by Gasteiger charge is 2.17. The monoisotopic (exact) mass is 412 g/mol. The van der Waals surface area contributed by atoms with Crippen LogP contribution in [0.25, 0.3) is 16.8 Å². The van der Waals surface area contributed by atoms with Gasteiger partial charge in [-0.2, -0.15) is 5.10 Å². The predicted octanol–water partition coefficient (Wildman–Crippen LogP) is 3.37. The number of fused-ring (bicyclic) bond motifs is 1. The SMILES string of the molecule is Cc1cccc(-c2cnn3ccc(C(=O)Nc4ccccc4N4CCNCC4)nc23)c1. The number of aryl methyl sites for hydroxylation is 1. The summed E-state index contributed by atoms with van der Waals surface area (Å²) in [5, 5.41) is 10.8. The van der Waals surface area contributed by atoms with Crippen molar-refractivity contribution in [3.8, 4) is 11.1 Å². The summed E-state index contributed by atoms with van der Waals surface area (Å²) in [5.41, 5.74) is 5.94. The third-order valence-corrected chi connectivity index (χ3v) is 5.54. The third-order valence-electron chi connectivity index (χ3n) is 5.54. The summed E-state index contributed by atoms with van der Waals surface area (Å²) in [5.74, 6) is -0.235. The van der Waals surface area contributed by atoms with Crippen LogP contribution in [0.5, 0.6) is 0 Å². The predicted molar refractivity (Wildman–Crippen MR) is 123 cm³/mol. The van der Waals surface area contributed by atoms with E-state index >= 15 is 0 Å². The number of amides is 1. The van der Waals surface area contributed by atoms with Crippen molar-refractivity contribution >= 4 is 22.9 Å². The Balaban J connectivity index is 1.45. The highest BCUT2D eigenvalue weighted by Crippen LogP contribution is 2.27. The second-order valence-corrected chi connectivity index (χ2v) is 7.72. The molecule has 1 saturated heterocycles. The Labute approximate surface area is 180 Å². The van der Waals surface area contributed by atoms with E-state index in [1.807, 2.05) is 36.4 Å². The molecule has 7 heteroatoms. The molecule has 0 radical (unpaired) electrons.